The minimum Gasteiger partial charge on any atom is -0.497 e. The fourth-order valence-corrected chi connectivity index (χ4v) is 1.52. The molecule has 4 heteroatoms. The number of hydrogen-bond donors (Lipinski definition) is 0. The number of ether oxygens (including phenoxy) is 1. The Kier molecular flexibility index (Phi) is 3.10. The summed E-state index contributed by atoms with van der Waals surface area (Å²) in [6, 6.07) is 9.51. The van der Waals surface area contributed by atoms with Gasteiger partial charge in [0.15, 0.2) is 0 Å². The summed E-state index contributed by atoms with van der Waals surface area (Å²) in [5, 5.41) is 8.64. The average molecular weight is 228 g/mol. The molecule has 0 unspecified atom stereocenters. The fourth-order valence-electron chi connectivity index (χ4n) is 1.52. The zero-order valence-electron chi connectivity index (χ0n) is 9.73. The standard InChI is InChI=1S/C13H12N2O2/c1-9-12(7-8-14)15-13(17-9)10-3-5-11(16-2)6-4-10/h3-6H,7H2,1-2H3. The zero-order chi connectivity index (χ0) is 12.3. The van der Waals surface area contributed by atoms with E-state index in [1.165, 1.54) is 0 Å². The molecule has 0 saturated heterocycles. The van der Waals surface area contributed by atoms with Crippen molar-refractivity contribution in [1.82, 2.24) is 4.98 Å². The topological polar surface area (TPSA) is 59.0 Å². The van der Waals surface area contributed by atoms with Crippen molar-refractivity contribution in [3.63, 3.8) is 0 Å². The van der Waals surface area contributed by atoms with Gasteiger partial charge in [-0.25, -0.2) is 4.98 Å². The van der Waals surface area contributed by atoms with Crippen LogP contribution in [0.1, 0.15) is 11.5 Å². The van der Waals surface area contributed by atoms with Crippen molar-refractivity contribution in [2.45, 2.75) is 13.3 Å². The minimum absolute atomic E-state index is 0.269. The molecule has 0 aliphatic carbocycles. The van der Waals surface area contributed by atoms with E-state index in [9.17, 15) is 0 Å². The van der Waals surface area contributed by atoms with Gasteiger partial charge in [-0.3, -0.25) is 0 Å². The van der Waals surface area contributed by atoms with Gasteiger partial charge in [0.2, 0.25) is 5.89 Å². The first-order chi connectivity index (χ1) is 8.24. The maximum Gasteiger partial charge on any atom is 0.226 e. The molecule has 1 aromatic carbocycles. The molecule has 0 bridgehead atoms. The second kappa shape index (κ2) is 4.71. The van der Waals surface area contributed by atoms with E-state index in [4.69, 9.17) is 14.4 Å². The number of hydrogen-bond acceptors (Lipinski definition) is 4. The molecular weight excluding hydrogens is 216 g/mol. The van der Waals surface area contributed by atoms with Gasteiger partial charge in [-0.15, -0.1) is 0 Å². The van der Waals surface area contributed by atoms with E-state index in [1.807, 2.05) is 31.2 Å². The molecule has 0 aliphatic heterocycles. The lowest BCUT2D eigenvalue weighted by atomic mass is 10.2. The van der Waals surface area contributed by atoms with Crippen LogP contribution in [0.15, 0.2) is 28.7 Å². The van der Waals surface area contributed by atoms with E-state index in [0.717, 1.165) is 11.3 Å². The largest absolute Gasteiger partial charge is 0.497 e. The van der Waals surface area contributed by atoms with Gasteiger partial charge < -0.3 is 9.15 Å². The van der Waals surface area contributed by atoms with Gasteiger partial charge in [-0.1, -0.05) is 0 Å². The summed E-state index contributed by atoms with van der Waals surface area (Å²) in [6.45, 7) is 1.81. The number of nitrogens with zero attached hydrogens (tertiary/aromatic N) is 2. The molecule has 0 spiro atoms. The van der Waals surface area contributed by atoms with E-state index < -0.39 is 0 Å². The number of nitriles is 1. The summed E-state index contributed by atoms with van der Waals surface area (Å²) in [7, 11) is 1.62. The Morgan fingerprint density at radius 1 is 1.35 bits per heavy atom. The number of rotatable bonds is 3. The molecule has 0 radical (unpaired) electrons. The van der Waals surface area contributed by atoms with E-state index in [1.54, 1.807) is 7.11 Å². The third-order valence-corrected chi connectivity index (χ3v) is 2.48. The molecule has 0 aliphatic rings. The Labute approximate surface area is 99.5 Å². The number of aryl methyl sites for hydroxylation is 1. The summed E-state index contributed by atoms with van der Waals surface area (Å²) >= 11 is 0. The molecule has 86 valence electrons. The van der Waals surface area contributed by atoms with Crippen LogP contribution in [0.4, 0.5) is 0 Å². The van der Waals surface area contributed by atoms with E-state index >= 15 is 0 Å². The molecule has 1 aromatic heterocycles. The van der Waals surface area contributed by atoms with Crippen LogP contribution in [-0.2, 0) is 6.42 Å². The Morgan fingerprint density at radius 2 is 2.06 bits per heavy atom. The van der Waals surface area contributed by atoms with Gasteiger partial charge in [0.1, 0.15) is 11.5 Å². The van der Waals surface area contributed by atoms with E-state index in [2.05, 4.69) is 11.1 Å². The summed E-state index contributed by atoms with van der Waals surface area (Å²) < 4.78 is 10.6. The molecule has 17 heavy (non-hydrogen) atoms. The first-order valence-electron chi connectivity index (χ1n) is 5.22. The first kappa shape index (κ1) is 11.2. The van der Waals surface area contributed by atoms with Crippen molar-refractivity contribution < 1.29 is 9.15 Å². The molecule has 1 heterocycles. The lowest BCUT2D eigenvalue weighted by Gasteiger charge is -1.99. The maximum absolute atomic E-state index is 8.64. The van der Waals surface area contributed by atoms with Crippen molar-refractivity contribution in [2.75, 3.05) is 7.11 Å². The molecule has 2 rings (SSSR count). The summed E-state index contributed by atoms with van der Waals surface area (Å²) in [5.74, 6) is 2.02. The lowest BCUT2D eigenvalue weighted by Crippen LogP contribution is -1.85. The maximum atomic E-state index is 8.64. The number of oxazole rings is 1. The summed E-state index contributed by atoms with van der Waals surface area (Å²) in [4.78, 5) is 4.30. The molecule has 0 amide bonds. The van der Waals surface area contributed by atoms with Gasteiger partial charge in [-0.2, -0.15) is 5.26 Å². The Bertz CT molecular complexity index is 550. The highest BCUT2D eigenvalue weighted by Crippen LogP contribution is 2.23. The molecule has 0 N–H and O–H groups in total. The Morgan fingerprint density at radius 3 is 2.65 bits per heavy atom. The number of aromatic nitrogens is 1. The fraction of sp³-hybridized carbons (Fsp3) is 0.231. The third-order valence-electron chi connectivity index (χ3n) is 2.48. The third kappa shape index (κ3) is 2.28. The highest BCUT2D eigenvalue weighted by molar-refractivity contribution is 5.55. The molecule has 2 aromatic rings. The van der Waals surface area contributed by atoms with Crippen LogP contribution in [0, 0.1) is 18.3 Å². The van der Waals surface area contributed by atoms with Crippen LogP contribution in [0.2, 0.25) is 0 Å². The van der Waals surface area contributed by atoms with Crippen molar-refractivity contribution in [1.29, 1.82) is 5.26 Å². The molecule has 0 saturated carbocycles. The predicted octanol–water partition coefficient (Wildman–Crippen LogP) is 2.72. The van der Waals surface area contributed by atoms with Crippen molar-refractivity contribution >= 4 is 0 Å². The minimum atomic E-state index is 0.269. The SMILES string of the molecule is COc1ccc(-c2nc(CC#N)c(C)o2)cc1. The van der Waals surface area contributed by atoms with Crippen LogP contribution in [0.25, 0.3) is 11.5 Å². The van der Waals surface area contributed by atoms with Gasteiger partial charge in [0.05, 0.1) is 25.3 Å². The highest BCUT2D eigenvalue weighted by Gasteiger charge is 2.10. The summed E-state index contributed by atoms with van der Waals surface area (Å²) in [5.41, 5.74) is 1.57. The normalized spacial score (nSPS) is 9.94. The van der Waals surface area contributed by atoms with Crippen LogP contribution >= 0.6 is 0 Å². The lowest BCUT2D eigenvalue weighted by molar-refractivity contribution is 0.415. The van der Waals surface area contributed by atoms with Crippen LogP contribution in [-0.4, -0.2) is 12.1 Å². The molecule has 4 nitrogen and oxygen atoms in total. The van der Waals surface area contributed by atoms with Crippen LogP contribution < -0.4 is 4.74 Å². The predicted molar refractivity (Wildman–Crippen MR) is 62.5 cm³/mol. The van der Waals surface area contributed by atoms with Crippen molar-refractivity contribution in [2.24, 2.45) is 0 Å². The Balaban J connectivity index is 2.33. The second-order valence-electron chi connectivity index (χ2n) is 3.59. The monoisotopic (exact) mass is 228 g/mol. The quantitative estimate of drug-likeness (QED) is 0.810. The summed E-state index contributed by atoms with van der Waals surface area (Å²) in [6.07, 6.45) is 0.269. The van der Waals surface area contributed by atoms with Gasteiger partial charge >= 0.3 is 0 Å². The Hall–Kier alpha value is -2.28. The van der Waals surface area contributed by atoms with E-state index in [0.29, 0.717) is 17.3 Å². The van der Waals surface area contributed by atoms with Crippen molar-refractivity contribution in [3.8, 4) is 23.3 Å². The molecule has 0 fully saturated rings. The number of methoxy groups -OCH3 is 1. The zero-order valence-corrected chi connectivity index (χ0v) is 9.73. The van der Waals surface area contributed by atoms with Gasteiger partial charge in [-0.05, 0) is 31.2 Å². The van der Waals surface area contributed by atoms with E-state index in [-0.39, 0.29) is 6.42 Å². The average Bonchev–Trinajstić information content (AvgIpc) is 2.72. The number of benzene rings is 1. The van der Waals surface area contributed by atoms with Crippen LogP contribution in [0.5, 0.6) is 5.75 Å². The molecular formula is C13H12N2O2. The smallest absolute Gasteiger partial charge is 0.226 e. The first-order valence-corrected chi connectivity index (χ1v) is 5.22. The second-order valence-corrected chi connectivity index (χ2v) is 3.59. The van der Waals surface area contributed by atoms with Crippen molar-refractivity contribution in [3.05, 3.63) is 35.7 Å². The van der Waals surface area contributed by atoms with Crippen LogP contribution in [0.3, 0.4) is 0 Å². The van der Waals surface area contributed by atoms with Gasteiger partial charge in [0.25, 0.3) is 0 Å². The van der Waals surface area contributed by atoms with Gasteiger partial charge in [0, 0.05) is 5.56 Å². The molecule has 0 atom stereocenters. The highest BCUT2D eigenvalue weighted by atomic mass is 16.5.